The van der Waals surface area contributed by atoms with Gasteiger partial charge in [-0.05, 0) is 37.3 Å². The van der Waals surface area contributed by atoms with Gasteiger partial charge in [0.05, 0.1) is 29.5 Å². The van der Waals surface area contributed by atoms with E-state index in [4.69, 9.17) is 13.9 Å². The standard InChI is InChI=1S/C23H20N2O5S/c1-4-11-25-16-10-9-15(22(27)29-5-2)13-19(16)31-23(25)24-21(26)18-12-14-7-6-8-17(28-3)20(14)30-18/h4,6-10,12-13H,1,5,11H2,2-3H3. The highest BCUT2D eigenvalue weighted by Gasteiger charge is 2.16. The van der Waals surface area contributed by atoms with Crippen molar-refractivity contribution in [3.8, 4) is 5.75 Å². The highest BCUT2D eigenvalue weighted by atomic mass is 32.1. The molecule has 2 aromatic heterocycles. The lowest BCUT2D eigenvalue weighted by molar-refractivity contribution is 0.0526. The molecule has 2 heterocycles. The van der Waals surface area contributed by atoms with E-state index in [-0.39, 0.29) is 11.7 Å². The van der Waals surface area contributed by atoms with Crippen LogP contribution in [0.25, 0.3) is 21.2 Å². The van der Waals surface area contributed by atoms with Crippen molar-refractivity contribution in [3.05, 3.63) is 71.2 Å². The number of carbonyl (C=O) groups is 2. The van der Waals surface area contributed by atoms with Gasteiger partial charge in [-0.15, -0.1) is 6.58 Å². The largest absolute Gasteiger partial charge is 0.493 e. The summed E-state index contributed by atoms with van der Waals surface area (Å²) in [6.07, 6.45) is 1.72. The topological polar surface area (TPSA) is 83.0 Å². The van der Waals surface area contributed by atoms with Crippen LogP contribution in [0.5, 0.6) is 5.75 Å². The summed E-state index contributed by atoms with van der Waals surface area (Å²) in [4.78, 5) is 29.7. The van der Waals surface area contributed by atoms with E-state index in [1.807, 2.05) is 22.8 Å². The van der Waals surface area contributed by atoms with Crippen molar-refractivity contribution >= 4 is 44.4 Å². The molecule has 0 spiro atoms. The van der Waals surface area contributed by atoms with Gasteiger partial charge in [-0.25, -0.2) is 4.79 Å². The minimum absolute atomic E-state index is 0.120. The number of methoxy groups -OCH3 is 1. The third kappa shape index (κ3) is 3.89. The third-order valence-corrected chi connectivity index (χ3v) is 5.68. The molecule has 158 valence electrons. The molecule has 0 aliphatic heterocycles. The fourth-order valence-corrected chi connectivity index (χ4v) is 4.33. The highest BCUT2D eigenvalue weighted by Crippen LogP contribution is 2.28. The van der Waals surface area contributed by atoms with Gasteiger partial charge in [0.1, 0.15) is 0 Å². The molecule has 1 amide bonds. The van der Waals surface area contributed by atoms with Crippen LogP contribution in [0.1, 0.15) is 27.8 Å². The average molecular weight is 436 g/mol. The molecule has 31 heavy (non-hydrogen) atoms. The number of nitrogens with zero attached hydrogens (tertiary/aromatic N) is 2. The number of ether oxygens (including phenoxy) is 2. The van der Waals surface area contributed by atoms with E-state index in [2.05, 4.69) is 11.6 Å². The number of amides is 1. The number of fused-ring (bicyclic) bond motifs is 2. The minimum Gasteiger partial charge on any atom is -0.493 e. The lowest BCUT2D eigenvalue weighted by atomic mass is 10.2. The Labute approximate surface area is 181 Å². The number of thiazole rings is 1. The van der Waals surface area contributed by atoms with Crippen LogP contribution in [0.15, 0.2) is 64.5 Å². The van der Waals surface area contributed by atoms with Gasteiger partial charge >= 0.3 is 11.9 Å². The van der Waals surface area contributed by atoms with Gasteiger partial charge in [-0.1, -0.05) is 29.5 Å². The van der Waals surface area contributed by atoms with Crippen molar-refractivity contribution in [3.63, 3.8) is 0 Å². The van der Waals surface area contributed by atoms with Gasteiger partial charge < -0.3 is 18.5 Å². The molecular formula is C23H20N2O5S. The smallest absolute Gasteiger partial charge is 0.338 e. The van der Waals surface area contributed by atoms with E-state index >= 15 is 0 Å². The molecule has 4 aromatic rings. The summed E-state index contributed by atoms with van der Waals surface area (Å²) in [7, 11) is 1.54. The van der Waals surface area contributed by atoms with Crippen LogP contribution in [0.4, 0.5) is 0 Å². The van der Waals surface area contributed by atoms with Crippen LogP contribution >= 0.6 is 11.3 Å². The first-order valence-electron chi connectivity index (χ1n) is 9.62. The Morgan fingerprint density at radius 1 is 1.26 bits per heavy atom. The van der Waals surface area contributed by atoms with Crippen molar-refractivity contribution < 1.29 is 23.5 Å². The molecule has 0 saturated heterocycles. The number of benzene rings is 2. The average Bonchev–Trinajstić information content (AvgIpc) is 3.35. The second-order valence-corrected chi connectivity index (χ2v) is 7.60. The number of aromatic nitrogens is 1. The van der Waals surface area contributed by atoms with Crippen LogP contribution in [0.3, 0.4) is 0 Å². The highest BCUT2D eigenvalue weighted by molar-refractivity contribution is 7.16. The summed E-state index contributed by atoms with van der Waals surface area (Å²) in [6, 6.07) is 12.3. The zero-order valence-corrected chi connectivity index (χ0v) is 17.9. The molecular weight excluding hydrogens is 416 g/mol. The lowest BCUT2D eigenvalue weighted by Gasteiger charge is -2.03. The molecule has 0 atom stereocenters. The second-order valence-electron chi connectivity index (χ2n) is 6.59. The SMILES string of the molecule is C=CCn1c(=NC(=O)c2cc3cccc(OC)c3o2)sc2cc(C(=O)OCC)ccc21. The molecule has 2 aromatic carbocycles. The molecule has 0 unspecified atom stereocenters. The predicted molar refractivity (Wildman–Crippen MR) is 119 cm³/mol. The Balaban J connectivity index is 1.80. The normalized spacial score (nSPS) is 11.7. The molecule has 0 aliphatic carbocycles. The Morgan fingerprint density at radius 2 is 2.10 bits per heavy atom. The van der Waals surface area contributed by atoms with Crippen LogP contribution < -0.4 is 9.54 Å². The molecule has 0 aliphatic rings. The Hall–Kier alpha value is -3.65. The second kappa shape index (κ2) is 8.61. The number of carbonyl (C=O) groups excluding carboxylic acids is 2. The summed E-state index contributed by atoms with van der Waals surface area (Å²) >= 11 is 1.30. The number of furan rings is 1. The third-order valence-electron chi connectivity index (χ3n) is 4.64. The van der Waals surface area contributed by atoms with E-state index in [1.165, 1.54) is 11.3 Å². The van der Waals surface area contributed by atoms with Gasteiger partial charge in [-0.3, -0.25) is 4.79 Å². The molecule has 0 saturated carbocycles. The van der Waals surface area contributed by atoms with Gasteiger partial charge in [0.25, 0.3) is 0 Å². The van der Waals surface area contributed by atoms with Gasteiger partial charge in [0.2, 0.25) is 0 Å². The number of esters is 1. The quantitative estimate of drug-likeness (QED) is 0.327. The lowest BCUT2D eigenvalue weighted by Crippen LogP contribution is -2.16. The van der Waals surface area contributed by atoms with E-state index < -0.39 is 5.91 Å². The predicted octanol–water partition coefficient (Wildman–Crippen LogP) is 4.56. The summed E-state index contributed by atoms with van der Waals surface area (Å²) in [5.74, 6) is -0.229. The van der Waals surface area contributed by atoms with Crippen LogP contribution in [-0.2, 0) is 11.3 Å². The first kappa shape index (κ1) is 20.6. The minimum atomic E-state index is -0.506. The number of allylic oxidation sites excluding steroid dienone is 1. The molecule has 4 rings (SSSR count). The van der Waals surface area contributed by atoms with E-state index in [9.17, 15) is 9.59 Å². The fraction of sp³-hybridized carbons (Fsp3) is 0.174. The molecule has 8 heteroatoms. The Morgan fingerprint density at radius 3 is 2.84 bits per heavy atom. The first-order valence-corrected chi connectivity index (χ1v) is 10.4. The van der Waals surface area contributed by atoms with E-state index in [1.54, 1.807) is 44.4 Å². The summed E-state index contributed by atoms with van der Waals surface area (Å²) in [5, 5.41) is 0.757. The molecule has 0 N–H and O–H groups in total. The van der Waals surface area contributed by atoms with Crippen molar-refractivity contribution in [1.29, 1.82) is 0 Å². The van der Waals surface area contributed by atoms with Crippen molar-refractivity contribution in [2.75, 3.05) is 13.7 Å². The van der Waals surface area contributed by atoms with E-state index in [0.717, 1.165) is 15.6 Å². The van der Waals surface area contributed by atoms with E-state index in [0.29, 0.717) is 34.8 Å². The molecule has 7 nitrogen and oxygen atoms in total. The van der Waals surface area contributed by atoms with Gasteiger partial charge in [0.15, 0.2) is 21.9 Å². The van der Waals surface area contributed by atoms with Crippen molar-refractivity contribution in [1.82, 2.24) is 4.57 Å². The number of para-hydroxylation sites is 1. The number of hydrogen-bond donors (Lipinski definition) is 0. The first-order chi connectivity index (χ1) is 15.0. The summed E-state index contributed by atoms with van der Waals surface area (Å²) < 4.78 is 18.8. The van der Waals surface area contributed by atoms with Crippen LogP contribution in [0, 0.1) is 0 Å². The number of rotatable bonds is 6. The van der Waals surface area contributed by atoms with Crippen molar-refractivity contribution in [2.24, 2.45) is 4.99 Å². The van der Waals surface area contributed by atoms with Gasteiger partial charge in [-0.2, -0.15) is 4.99 Å². The summed E-state index contributed by atoms with van der Waals surface area (Å²) in [5.41, 5.74) is 1.79. The monoisotopic (exact) mass is 436 g/mol. The zero-order chi connectivity index (χ0) is 22.0. The Kier molecular flexibility index (Phi) is 5.73. The fourth-order valence-electron chi connectivity index (χ4n) is 3.25. The maximum absolute atomic E-state index is 12.9. The van der Waals surface area contributed by atoms with Crippen LogP contribution in [-0.4, -0.2) is 30.2 Å². The van der Waals surface area contributed by atoms with Crippen LogP contribution in [0.2, 0.25) is 0 Å². The number of hydrogen-bond acceptors (Lipinski definition) is 6. The molecule has 0 radical (unpaired) electrons. The maximum atomic E-state index is 12.9. The maximum Gasteiger partial charge on any atom is 0.338 e. The molecule has 0 fully saturated rings. The molecule has 0 bridgehead atoms. The summed E-state index contributed by atoms with van der Waals surface area (Å²) in [6.45, 7) is 6.31. The zero-order valence-electron chi connectivity index (χ0n) is 17.1. The van der Waals surface area contributed by atoms with Crippen molar-refractivity contribution in [2.45, 2.75) is 13.5 Å². The van der Waals surface area contributed by atoms with Gasteiger partial charge in [0, 0.05) is 11.9 Å². The Bertz CT molecular complexity index is 1380.